The molecule has 162 valence electrons. The Hall–Kier alpha value is -2.88. The summed E-state index contributed by atoms with van der Waals surface area (Å²) in [4.78, 5) is 19.7. The Labute approximate surface area is 188 Å². The van der Waals surface area contributed by atoms with Crippen molar-refractivity contribution in [2.75, 3.05) is 20.2 Å². The van der Waals surface area contributed by atoms with Crippen LogP contribution in [0, 0.1) is 0 Å². The molecule has 0 saturated carbocycles. The highest BCUT2D eigenvalue weighted by molar-refractivity contribution is 6.32. The first-order valence-corrected chi connectivity index (χ1v) is 10.0. The SMILES string of the molecule is COc1ccc(-c2nc(-c3cnn4c(C5CCNCC5)cc(=O)[nH]c34)no2)cc1Cl.Cl. The predicted octanol–water partition coefficient (Wildman–Crippen LogP) is 3.29. The van der Waals surface area contributed by atoms with Gasteiger partial charge < -0.3 is 19.6 Å². The third kappa shape index (κ3) is 3.91. The number of methoxy groups -OCH3 is 1. The van der Waals surface area contributed by atoms with Gasteiger partial charge in [-0.05, 0) is 44.1 Å². The van der Waals surface area contributed by atoms with E-state index in [0.29, 0.717) is 39.3 Å². The molecule has 1 aromatic carbocycles. The summed E-state index contributed by atoms with van der Waals surface area (Å²) in [5.41, 5.74) is 2.53. The Morgan fingerprint density at radius 2 is 2.06 bits per heavy atom. The maximum Gasteiger partial charge on any atom is 0.258 e. The van der Waals surface area contributed by atoms with Gasteiger partial charge in [0.05, 0.1) is 29.6 Å². The lowest BCUT2D eigenvalue weighted by Gasteiger charge is -2.23. The fourth-order valence-electron chi connectivity index (χ4n) is 3.83. The molecule has 4 aromatic rings. The number of halogens is 2. The van der Waals surface area contributed by atoms with E-state index >= 15 is 0 Å². The predicted molar refractivity (Wildman–Crippen MR) is 118 cm³/mol. The Bertz CT molecular complexity index is 1280. The zero-order valence-electron chi connectivity index (χ0n) is 16.6. The smallest absolute Gasteiger partial charge is 0.258 e. The summed E-state index contributed by atoms with van der Waals surface area (Å²) in [5.74, 6) is 1.48. The first kappa shape index (κ1) is 21.4. The van der Waals surface area contributed by atoms with E-state index in [0.717, 1.165) is 31.6 Å². The van der Waals surface area contributed by atoms with Crippen molar-refractivity contribution in [3.63, 3.8) is 0 Å². The second-order valence-electron chi connectivity index (χ2n) is 7.17. The number of ether oxygens (including phenoxy) is 1. The van der Waals surface area contributed by atoms with Crippen LogP contribution in [-0.2, 0) is 0 Å². The number of nitrogens with zero attached hydrogens (tertiary/aromatic N) is 4. The molecule has 5 rings (SSSR count). The highest BCUT2D eigenvalue weighted by Gasteiger charge is 2.22. The van der Waals surface area contributed by atoms with Crippen LogP contribution in [0.15, 0.2) is 39.8 Å². The summed E-state index contributed by atoms with van der Waals surface area (Å²) < 4.78 is 12.4. The van der Waals surface area contributed by atoms with E-state index in [1.54, 1.807) is 42.1 Å². The zero-order chi connectivity index (χ0) is 20.7. The van der Waals surface area contributed by atoms with E-state index in [9.17, 15) is 4.79 Å². The van der Waals surface area contributed by atoms with Gasteiger partial charge in [-0.1, -0.05) is 16.8 Å². The summed E-state index contributed by atoms with van der Waals surface area (Å²) in [6.07, 6.45) is 3.56. The molecule has 1 saturated heterocycles. The molecular formula is C20H20Cl2N6O3. The monoisotopic (exact) mass is 462 g/mol. The number of aromatic nitrogens is 5. The second kappa shape index (κ2) is 8.70. The number of rotatable bonds is 4. The number of aromatic amines is 1. The van der Waals surface area contributed by atoms with Gasteiger partial charge in [0, 0.05) is 17.5 Å². The molecule has 0 amide bonds. The number of hydrogen-bond donors (Lipinski definition) is 2. The topological polar surface area (TPSA) is 110 Å². The zero-order valence-corrected chi connectivity index (χ0v) is 18.2. The summed E-state index contributed by atoms with van der Waals surface area (Å²) in [6.45, 7) is 1.84. The van der Waals surface area contributed by atoms with Gasteiger partial charge >= 0.3 is 0 Å². The van der Waals surface area contributed by atoms with Gasteiger partial charge in [-0.15, -0.1) is 12.4 Å². The molecule has 1 aliphatic rings. The molecule has 1 fully saturated rings. The normalized spacial score (nSPS) is 14.5. The van der Waals surface area contributed by atoms with E-state index in [-0.39, 0.29) is 23.9 Å². The molecule has 4 heterocycles. The van der Waals surface area contributed by atoms with Gasteiger partial charge in [-0.3, -0.25) is 4.79 Å². The Morgan fingerprint density at radius 1 is 1.26 bits per heavy atom. The molecule has 3 aromatic heterocycles. The summed E-state index contributed by atoms with van der Waals surface area (Å²) >= 11 is 6.20. The molecule has 11 heteroatoms. The van der Waals surface area contributed by atoms with E-state index in [1.165, 1.54) is 0 Å². The van der Waals surface area contributed by atoms with Crippen LogP contribution in [0.4, 0.5) is 0 Å². The number of hydrogen-bond acceptors (Lipinski definition) is 7. The van der Waals surface area contributed by atoms with Gasteiger partial charge in [0.2, 0.25) is 5.82 Å². The minimum atomic E-state index is -0.177. The van der Waals surface area contributed by atoms with Gasteiger partial charge in [-0.25, -0.2) is 4.52 Å². The second-order valence-corrected chi connectivity index (χ2v) is 7.58. The molecule has 1 aliphatic heterocycles. The van der Waals surface area contributed by atoms with E-state index in [4.69, 9.17) is 20.9 Å². The first-order valence-electron chi connectivity index (χ1n) is 9.63. The van der Waals surface area contributed by atoms with Crippen LogP contribution >= 0.6 is 24.0 Å². The summed E-state index contributed by atoms with van der Waals surface area (Å²) in [7, 11) is 1.55. The van der Waals surface area contributed by atoms with Gasteiger partial charge in [-0.2, -0.15) is 10.1 Å². The molecule has 0 spiro atoms. The van der Waals surface area contributed by atoms with Gasteiger partial charge in [0.25, 0.3) is 11.4 Å². The minimum absolute atomic E-state index is 0. The molecular weight excluding hydrogens is 443 g/mol. The average molecular weight is 463 g/mol. The average Bonchev–Trinajstić information content (AvgIpc) is 3.41. The lowest BCUT2D eigenvalue weighted by Crippen LogP contribution is -2.28. The van der Waals surface area contributed by atoms with E-state index in [1.807, 2.05) is 0 Å². The lowest BCUT2D eigenvalue weighted by molar-refractivity contribution is 0.414. The van der Waals surface area contributed by atoms with Crippen LogP contribution in [0.1, 0.15) is 24.5 Å². The number of fused-ring (bicyclic) bond motifs is 1. The molecule has 31 heavy (non-hydrogen) atoms. The summed E-state index contributed by atoms with van der Waals surface area (Å²) in [6, 6.07) is 6.85. The number of benzene rings is 1. The highest BCUT2D eigenvalue weighted by Crippen LogP contribution is 2.31. The van der Waals surface area contributed by atoms with Crippen molar-refractivity contribution >= 4 is 29.7 Å². The standard InChI is InChI=1S/C20H19ClN6O3.ClH/c1-29-16-3-2-12(8-14(16)21)20-25-18(26-30-20)13-10-23-27-15(9-17(28)24-19(13)27)11-4-6-22-7-5-11;/h2-3,8-11,22H,4-7H2,1H3,(H,24,28);1H. The third-order valence-electron chi connectivity index (χ3n) is 5.36. The van der Waals surface area contributed by atoms with Crippen LogP contribution in [0.25, 0.3) is 28.5 Å². The van der Waals surface area contributed by atoms with Crippen LogP contribution < -0.4 is 15.6 Å². The molecule has 0 radical (unpaired) electrons. The van der Waals surface area contributed by atoms with Crippen molar-refractivity contribution in [3.05, 3.63) is 51.5 Å². The maximum atomic E-state index is 12.3. The number of nitrogens with one attached hydrogen (secondary N) is 2. The molecule has 0 atom stereocenters. The summed E-state index contributed by atoms with van der Waals surface area (Å²) in [5, 5.41) is 12.4. The van der Waals surface area contributed by atoms with Crippen LogP contribution in [-0.4, -0.2) is 44.9 Å². The van der Waals surface area contributed by atoms with Crippen molar-refractivity contribution in [2.45, 2.75) is 18.8 Å². The molecule has 0 bridgehead atoms. The Kier molecular flexibility index (Phi) is 5.99. The molecule has 2 N–H and O–H groups in total. The van der Waals surface area contributed by atoms with Crippen molar-refractivity contribution in [1.82, 2.24) is 30.1 Å². The van der Waals surface area contributed by atoms with Crippen molar-refractivity contribution in [2.24, 2.45) is 0 Å². The number of H-pyrrole nitrogens is 1. The molecule has 9 nitrogen and oxygen atoms in total. The van der Waals surface area contributed by atoms with Crippen molar-refractivity contribution in [1.29, 1.82) is 0 Å². The number of piperidine rings is 1. The van der Waals surface area contributed by atoms with E-state index < -0.39 is 0 Å². The van der Waals surface area contributed by atoms with Crippen LogP contribution in [0.5, 0.6) is 5.75 Å². The van der Waals surface area contributed by atoms with Crippen molar-refractivity contribution < 1.29 is 9.26 Å². The highest BCUT2D eigenvalue weighted by atomic mass is 35.5. The quantitative estimate of drug-likeness (QED) is 0.478. The van der Waals surface area contributed by atoms with Gasteiger partial charge in [0.1, 0.15) is 11.4 Å². The third-order valence-corrected chi connectivity index (χ3v) is 5.65. The van der Waals surface area contributed by atoms with Crippen molar-refractivity contribution in [3.8, 4) is 28.6 Å². The van der Waals surface area contributed by atoms with E-state index in [2.05, 4.69) is 25.5 Å². The van der Waals surface area contributed by atoms with Crippen LogP contribution in [0.3, 0.4) is 0 Å². The fourth-order valence-corrected chi connectivity index (χ4v) is 4.09. The maximum absolute atomic E-state index is 12.3. The fraction of sp³-hybridized carbons (Fsp3) is 0.300. The first-order chi connectivity index (χ1) is 14.6. The lowest BCUT2D eigenvalue weighted by atomic mass is 9.94. The minimum Gasteiger partial charge on any atom is -0.495 e. The van der Waals surface area contributed by atoms with Crippen LogP contribution in [0.2, 0.25) is 5.02 Å². The Morgan fingerprint density at radius 3 is 2.81 bits per heavy atom. The Balaban J connectivity index is 0.00000231. The largest absolute Gasteiger partial charge is 0.495 e. The van der Waals surface area contributed by atoms with Gasteiger partial charge in [0.15, 0.2) is 0 Å². The molecule has 0 unspecified atom stereocenters. The molecule has 0 aliphatic carbocycles.